The zero-order valence-electron chi connectivity index (χ0n) is 9.82. The summed E-state index contributed by atoms with van der Waals surface area (Å²) in [6.07, 6.45) is 8.22. The molecule has 1 heterocycles. The van der Waals surface area contributed by atoms with Crippen LogP contribution in [0.15, 0.2) is 0 Å². The average molecular weight is 212 g/mol. The van der Waals surface area contributed by atoms with Gasteiger partial charge in [0.1, 0.15) is 0 Å². The predicted octanol–water partition coefficient (Wildman–Crippen LogP) is 1.37. The Morgan fingerprint density at radius 2 is 1.93 bits per heavy atom. The lowest BCUT2D eigenvalue weighted by Gasteiger charge is -2.37. The van der Waals surface area contributed by atoms with Crippen LogP contribution in [0.4, 0.5) is 0 Å². The summed E-state index contributed by atoms with van der Waals surface area (Å²) >= 11 is 0. The van der Waals surface area contributed by atoms with Gasteiger partial charge < -0.3 is 10.5 Å². The van der Waals surface area contributed by atoms with Gasteiger partial charge in [-0.3, -0.25) is 4.90 Å². The van der Waals surface area contributed by atoms with Gasteiger partial charge in [-0.2, -0.15) is 0 Å². The number of ether oxygens (including phenoxy) is 1. The van der Waals surface area contributed by atoms with Crippen molar-refractivity contribution in [2.24, 2.45) is 5.73 Å². The van der Waals surface area contributed by atoms with Crippen LogP contribution in [0.2, 0.25) is 0 Å². The highest BCUT2D eigenvalue weighted by Gasteiger charge is 2.32. The van der Waals surface area contributed by atoms with Crippen LogP contribution in [0.3, 0.4) is 0 Å². The van der Waals surface area contributed by atoms with Crippen LogP contribution in [0.1, 0.15) is 38.5 Å². The molecular formula is C12H24N2O. The van der Waals surface area contributed by atoms with E-state index < -0.39 is 0 Å². The van der Waals surface area contributed by atoms with Crippen molar-refractivity contribution in [2.45, 2.75) is 56.7 Å². The van der Waals surface area contributed by atoms with Crippen LogP contribution in [-0.4, -0.2) is 43.3 Å². The summed E-state index contributed by atoms with van der Waals surface area (Å²) in [7, 11) is 1.84. The SMILES string of the molecule is COC1CCC(N2CCCC2CN)CC1. The molecular weight excluding hydrogens is 188 g/mol. The topological polar surface area (TPSA) is 38.5 Å². The molecule has 1 saturated heterocycles. The Balaban J connectivity index is 1.84. The fourth-order valence-corrected chi connectivity index (χ4v) is 3.20. The van der Waals surface area contributed by atoms with Crippen molar-refractivity contribution in [2.75, 3.05) is 20.2 Å². The molecule has 88 valence electrons. The van der Waals surface area contributed by atoms with Crippen molar-refractivity contribution >= 4 is 0 Å². The first-order valence-electron chi connectivity index (χ1n) is 6.33. The molecule has 2 fully saturated rings. The number of nitrogens with two attached hydrogens (primary N) is 1. The molecule has 2 aliphatic rings. The molecule has 0 amide bonds. The number of hydrogen-bond acceptors (Lipinski definition) is 3. The Kier molecular flexibility index (Phi) is 4.00. The number of likely N-dealkylation sites (tertiary alicyclic amines) is 1. The Labute approximate surface area is 93.0 Å². The van der Waals surface area contributed by atoms with Gasteiger partial charge in [-0.15, -0.1) is 0 Å². The fraction of sp³-hybridized carbons (Fsp3) is 1.00. The highest BCUT2D eigenvalue weighted by Crippen LogP contribution is 2.29. The monoisotopic (exact) mass is 212 g/mol. The van der Waals surface area contributed by atoms with E-state index in [-0.39, 0.29) is 0 Å². The molecule has 15 heavy (non-hydrogen) atoms. The van der Waals surface area contributed by atoms with Gasteiger partial charge in [-0.05, 0) is 45.1 Å². The van der Waals surface area contributed by atoms with Gasteiger partial charge in [0.05, 0.1) is 6.10 Å². The van der Waals surface area contributed by atoms with E-state index >= 15 is 0 Å². The second-order valence-electron chi connectivity index (χ2n) is 4.94. The van der Waals surface area contributed by atoms with Crippen molar-refractivity contribution in [3.05, 3.63) is 0 Å². The number of methoxy groups -OCH3 is 1. The summed E-state index contributed by atoms with van der Waals surface area (Å²) in [5, 5.41) is 0. The summed E-state index contributed by atoms with van der Waals surface area (Å²) in [4.78, 5) is 2.66. The summed E-state index contributed by atoms with van der Waals surface area (Å²) in [5.74, 6) is 0. The van der Waals surface area contributed by atoms with Gasteiger partial charge in [0, 0.05) is 25.7 Å². The lowest BCUT2D eigenvalue weighted by atomic mass is 9.91. The third-order valence-corrected chi connectivity index (χ3v) is 4.14. The van der Waals surface area contributed by atoms with Gasteiger partial charge in [-0.1, -0.05) is 0 Å². The predicted molar refractivity (Wildman–Crippen MR) is 61.8 cm³/mol. The number of rotatable bonds is 3. The van der Waals surface area contributed by atoms with Gasteiger partial charge >= 0.3 is 0 Å². The van der Waals surface area contributed by atoms with Crippen LogP contribution in [-0.2, 0) is 4.74 Å². The Bertz CT molecular complexity index is 190. The molecule has 1 aliphatic carbocycles. The van der Waals surface area contributed by atoms with Gasteiger partial charge in [0.2, 0.25) is 0 Å². The van der Waals surface area contributed by atoms with E-state index in [4.69, 9.17) is 10.5 Å². The maximum absolute atomic E-state index is 5.82. The molecule has 2 N–H and O–H groups in total. The molecule has 1 aliphatic heterocycles. The normalized spacial score (nSPS) is 38.4. The average Bonchev–Trinajstić information content (AvgIpc) is 2.77. The third kappa shape index (κ3) is 2.52. The lowest BCUT2D eigenvalue weighted by molar-refractivity contribution is 0.0360. The summed E-state index contributed by atoms with van der Waals surface area (Å²) in [6.45, 7) is 2.11. The van der Waals surface area contributed by atoms with E-state index in [2.05, 4.69) is 4.90 Å². The molecule has 0 spiro atoms. The molecule has 2 rings (SSSR count). The molecule has 1 atom stereocenters. The maximum Gasteiger partial charge on any atom is 0.0572 e. The first-order chi connectivity index (χ1) is 7.35. The summed E-state index contributed by atoms with van der Waals surface area (Å²) < 4.78 is 5.41. The lowest BCUT2D eigenvalue weighted by Crippen LogP contribution is -2.45. The molecule has 0 aromatic heterocycles. The minimum Gasteiger partial charge on any atom is -0.381 e. The molecule has 1 unspecified atom stereocenters. The smallest absolute Gasteiger partial charge is 0.0572 e. The zero-order chi connectivity index (χ0) is 10.7. The fourth-order valence-electron chi connectivity index (χ4n) is 3.20. The van der Waals surface area contributed by atoms with Gasteiger partial charge in [0.25, 0.3) is 0 Å². The first-order valence-corrected chi connectivity index (χ1v) is 6.33. The minimum atomic E-state index is 0.514. The molecule has 3 heteroatoms. The van der Waals surface area contributed by atoms with Crippen LogP contribution in [0, 0.1) is 0 Å². The van der Waals surface area contributed by atoms with Crippen molar-refractivity contribution in [1.82, 2.24) is 4.90 Å². The molecule has 0 radical (unpaired) electrons. The van der Waals surface area contributed by atoms with E-state index in [0.29, 0.717) is 12.1 Å². The van der Waals surface area contributed by atoms with Crippen molar-refractivity contribution in [3.63, 3.8) is 0 Å². The standard InChI is InChI=1S/C12H24N2O/c1-15-12-6-4-10(5-7-12)14-8-2-3-11(14)9-13/h10-12H,2-9,13H2,1H3. The summed E-state index contributed by atoms with van der Waals surface area (Å²) in [6, 6.07) is 1.45. The summed E-state index contributed by atoms with van der Waals surface area (Å²) in [5.41, 5.74) is 5.82. The van der Waals surface area contributed by atoms with Crippen LogP contribution < -0.4 is 5.73 Å². The largest absolute Gasteiger partial charge is 0.381 e. The van der Waals surface area contributed by atoms with Crippen molar-refractivity contribution in [3.8, 4) is 0 Å². The number of nitrogens with zero attached hydrogens (tertiary/aromatic N) is 1. The van der Waals surface area contributed by atoms with Crippen LogP contribution in [0.25, 0.3) is 0 Å². The van der Waals surface area contributed by atoms with E-state index in [1.54, 1.807) is 0 Å². The van der Waals surface area contributed by atoms with Crippen molar-refractivity contribution in [1.29, 1.82) is 0 Å². The quantitative estimate of drug-likeness (QED) is 0.768. The van der Waals surface area contributed by atoms with E-state index in [1.807, 2.05) is 7.11 Å². The van der Waals surface area contributed by atoms with E-state index in [1.165, 1.54) is 45.1 Å². The second-order valence-corrected chi connectivity index (χ2v) is 4.94. The highest BCUT2D eigenvalue weighted by atomic mass is 16.5. The molecule has 0 aromatic rings. The second kappa shape index (κ2) is 5.28. The van der Waals surface area contributed by atoms with Crippen LogP contribution in [0.5, 0.6) is 0 Å². The first kappa shape index (κ1) is 11.4. The van der Waals surface area contributed by atoms with E-state index in [0.717, 1.165) is 12.6 Å². The number of hydrogen-bond donors (Lipinski definition) is 1. The molecule has 0 aromatic carbocycles. The molecule has 1 saturated carbocycles. The molecule has 0 bridgehead atoms. The Morgan fingerprint density at radius 1 is 1.20 bits per heavy atom. The van der Waals surface area contributed by atoms with Crippen LogP contribution >= 0.6 is 0 Å². The third-order valence-electron chi connectivity index (χ3n) is 4.14. The zero-order valence-corrected chi connectivity index (χ0v) is 9.82. The van der Waals surface area contributed by atoms with Crippen molar-refractivity contribution < 1.29 is 4.74 Å². The van der Waals surface area contributed by atoms with Gasteiger partial charge in [-0.25, -0.2) is 0 Å². The Hall–Kier alpha value is -0.120. The minimum absolute atomic E-state index is 0.514. The highest BCUT2D eigenvalue weighted by molar-refractivity contribution is 4.88. The van der Waals surface area contributed by atoms with E-state index in [9.17, 15) is 0 Å². The Morgan fingerprint density at radius 3 is 2.53 bits per heavy atom. The maximum atomic E-state index is 5.82. The van der Waals surface area contributed by atoms with Gasteiger partial charge in [0.15, 0.2) is 0 Å². The molecule has 3 nitrogen and oxygen atoms in total.